The van der Waals surface area contributed by atoms with Crippen LogP contribution in [0.5, 0.6) is 0 Å². The van der Waals surface area contributed by atoms with Crippen molar-refractivity contribution in [3.05, 3.63) is 76.5 Å². The topological polar surface area (TPSA) is 112 Å². The summed E-state index contributed by atoms with van der Waals surface area (Å²) in [7, 11) is 0. The minimum atomic E-state index is -0.206. The van der Waals surface area contributed by atoms with Gasteiger partial charge in [0.05, 0.1) is 11.6 Å². The van der Waals surface area contributed by atoms with E-state index in [2.05, 4.69) is 32.3 Å². The summed E-state index contributed by atoms with van der Waals surface area (Å²) in [5.41, 5.74) is 7.69. The second-order valence-electron chi connectivity index (χ2n) is 6.26. The third-order valence-electron chi connectivity index (χ3n) is 4.40. The van der Waals surface area contributed by atoms with E-state index in [4.69, 9.17) is 5.73 Å². The first kappa shape index (κ1) is 17.6. The van der Waals surface area contributed by atoms with Crippen molar-refractivity contribution >= 4 is 28.4 Å². The lowest BCUT2D eigenvalue weighted by atomic mass is 10.1. The van der Waals surface area contributed by atoms with Crippen LogP contribution in [-0.4, -0.2) is 24.7 Å². The lowest BCUT2D eigenvalue weighted by Gasteiger charge is -2.11. The van der Waals surface area contributed by atoms with Crippen molar-refractivity contribution < 1.29 is 0 Å². The molecular formula is C20H19N7O. The molecule has 2 heterocycles. The Morgan fingerprint density at radius 3 is 2.68 bits per heavy atom. The Kier molecular flexibility index (Phi) is 4.67. The number of nitrogens with two attached hydrogens (primary N) is 1. The van der Waals surface area contributed by atoms with E-state index in [9.17, 15) is 4.79 Å². The monoisotopic (exact) mass is 373 g/mol. The van der Waals surface area contributed by atoms with Crippen molar-refractivity contribution in [1.29, 1.82) is 0 Å². The quantitative estimate of drug-likeness (QED) is 0.553. The van der Waals surface area contributed by atoms with E-state index in [1.807, 2.05) is 42.5 Å². The highest BCUT2D eigenvalue weighted by Crippen LogP contribution is 2.19. The van der Waals surface area contributed by atoms with Crippen molar-refractivity contribution in [2.45, 2.75) is 19.9 Å². The predicted octanol–water partition coefficient (Wildman–Crippen LogP) is 2.52. The van der Waals surface area contributed by atoms with Gasteiger partial charge in [-0.25, -0.2) is 4.68 Å². The van der Waals surface area contributed by atoms with Crippen molar-refractivity contribution in [2.75, 3.05) is 11.1 Å². The number of aromatic nitrogens is 5. The fourth-order valence-corrected chi connectivity index (χ4v) is 3.01. The maximum absolute atomic E-state index is 12.7. The Bertz CT molecular complexity index is 1200. The van der Waals surface area contributed by atoms with Crippen LogP contribution in [0, 0.1) is 0 Å². The first-order chi connectivity index (χ1) is 13.6. The molecule has 4 rings (SSSR count). The molecule has 0 aliphatic carbocycles. The number of fused-ring (bicyclic) bond motifs is 1. The van der Waals surface area contributed by atoms with Crippen molar-refractivity contribution in [2.24, 2.45) is 0 Å². The van der Waals surface area contributed by atoms with E-state index in [1.165, 1.54) is 4.68 Å². The second-order valence-corrected chi connectivity index (χ2v) is 6.26. The van der Waals surface area contributed by atoms with Gasteiger partial charge in [0.1, 0.15) is 6.54 Å². The smallest absolute Gasteiger partial charge is 0.275 e. The van der Waals surface area contributed by atoms with Crippen LogP contribution in [0.15, 0.2) is 59.5 Å². The van der Waals surface area contributed by atoms with E-state index in [-0.39, 0.29) is 18.1 Å². The zero-order valence-corrected chi connectivity index (χ0v) is 15.3. The average molecular weight is 373 g/mol. The van der Waals surface area contributed by atoms with Crippen LogP contribution in [0.25, 0.3) is 10.8 Å². The number of nitrogen functional groups attached to an aromatic ring is 1. The predicted molar refractivity (Wildman–Crippen MR) is 108 cm³/mol. The summed E-state index contributed by atoms with van der Waals surface area (Å²) in [5.74, 6) is 0.765. The molecule has 8 nitrogen and oxygen atoms in total. The van der Waals surface area contributed by atoms with Gasteiger partial charge in [-0.3, -0.25) is 4.79 Å². The largest absolute Gasteiger partial charge is 0.368 e. The zero-order valence-electron chi connectivity index (χ0n) is 15.3. The molecule has 0 amide bonds. The third-order valence-corrected chi connectivity index (χ3v) is 4.40. The standard InChI is InChI=1S/C20H19N7O/c1-2-13-7-4-6-10-16(13)23-20-25-17(24-19(21)26-20)12-27-18(28)15-9-5-3-8-14(15)11-22-27/h3-11H,2,12H2,1H3,(H3,21,23,24,25,26). The number of para-hydroxylation sites is 1. The van der Waals surface area contributed by atoms with Gasteiger partial charge < -0.3 is 11.1 Å². The average Bonchev–Trinajstić information content (AvgIpc) is 2.70. The van der Waals surface area contributed by atoms with Crippen molar-refractivity contribution in [1.82, 2.24) is 24.7 Å². The van der Waals surface area contributed by atoms with Crippen LogP contribution in [0.4, 0.5) is 17.6 Å². The third kappa shape index (κ3) is 3.52. The molecule has 8 heteroatoms. The fourth-order valence-electron chi connectivity index (χ4n) is 3.01. The summed E-state index contributed by atoms with van der Waals surface area (Å²) in [6.07, 6.45) is 2.52. The SMILES string of the molecule is CCc1ccccc1Nc1nc(N)nc(Cn2ncc3ccccc3c2=O)n1. The highest BCUT2D eigenvalue weighted by atomic mass is 16.1. The van der Waals surface area contributed by atoms with E-state index >= 15 is 0 Å². The first-order valence-electron chi connectivity index (χ1n) is 8.94. The zero-order chi connectivity index (χ0) is 19.5. The Labute approximate surface area is 161 Å². The van der Waals surface area contributed by atoms with Gasteiger partial charge in [0.25, 0.3) is 5.56 Å². The molecule has 2 aromatic heterocycles. The molecule has 0 spiro atoms. The van der Waals surface area contributed by atoms with Gasteiger partial charge in [0, 0.05) is 11.1 Å². The van der Waals surface area contributed by atoms with Crippen molar-refractivity contribution in [3.63, 3.8) is 0 Å². The summed E-state index contributed by atoms with van der Waals surface area (Å²) >= 11 is 0. The summed E-state index contributed by atoms with van der Waals surface area (Å²) in [6.45, 7) is 2.17. The van der Waals surface area contributed by atoms with Crippen LogP contribution in [0.2, 0.25) is 0 Å². The number of rotatable bonds is 5. The first-order valence-corrected chi connectivity index (χ1v) is 8.94. The normalized spacial score (nSPS) is 10.9. The molecule has 0 atom stereocenters. The number of hydrogen-bond acceptors (Lipinski definition) is 7. The van der Waals surface area contributed by atoms with Gasteiger partial charge in [-0.2, -0.15) is 20.1 Å². The molecule has 0 fully saturated rings. The highest BCUT2D eigenvalue weighted by molar-refractivity contribution is 5.80. The lowest BCUT2D eigenvalue weighted by molar-refractivity contribution is 0.620. The maximum Gasteiger partial charge on any atom is 0.275 e. The molecule has 0 radical (unpaired) electrons. The van der Waals surface area contributed by atoms with Gasteiger partial charge in [-0.1, -0.05) is 43.3 Å². The molecule has 28 heavy (non-hydrogen) atoms. The summed E-state index contributed by atoms with van der Waals surface area (Å²) in [4.78, 5) is 25.4. The lowest BCUT2D eigenvalue weighted by Crippen LogP contribution is -2.24. The number of anilines is 3. The van der Waals surface area contributed by atoms with Crippen LogP contribution in [0.1, 0.15) is 18.3 Å². The molecule has 2 aromatic carbocycles. The molecule has 0 aliphatic heterocycles. The molecule has 0 unspecified atom stereocenters. The second kappa shape index (κ2) is 7.43. The number of nitrogens with zero attached hydrogens (tertiary/aromatic N) is 5. The van der Waals surface area contributed by atoms with Gasteiger partial charge in [0.15, 0.2) is 5.82 Å². The summed E-state index contributed by atoms with van der Waals surface area (Å²) < 4.78 is 1.32. The van der Waals surface area contributed by atoms with E-state index in [0.29, 0.717) is 17.2 Å². The maximum atomic E-state index is 12.7. The van der Waals surface area contributed by atoms with Crippen molar-refractivity contribution in [3.8, 4) is 0 Å². The van der Waals surface area contributed by atoms with Gasteiger partial charge in [0.2, 0.25) is 11.9 Å². The Hall–Kier alpha value is -3.81. The summed E-state index contributed by atoms with van der Waals surface area (Å²) in [5, 5.41) is 8.78. The van der Waals surface area contributed by atoms with Crippen LogP contribution in [0.3, 0.4) is 0 Å². The van der Waals surface area contributed by atoms with Gasteiger partial charge in [-0.15, -0.1) is 0 Å². The molecular weight excluding hydrogens is 354 g/mol. The number of hydrogen-bond donors (Lipinski definition) is 2. The number of aryl methyl sites for hydroxylation is 1. The molecule has 0 aliphatic rings. The van der Waals surface area contributed by atoms with Crippen LogP contribution >= 0.6 is 0 Å². The Balaban J connectivity index is 1.66. The van der Waals surface area contributed by atoms with E-state index in [0.717, 1.165) is 23.1 Å². The van der Waals surface area contributed by atoms with E-state index < -0.39 is 0 Å². The minimum Gasteiger partial charge on any atom is -0.368 e. The van der Waals surface area contributed by atoms with Gasteiger partial charge in [-0.05, 0) is 24.1 Å². The Morgan fingerprint density at radius 2 is 1.82 bits per heavy atom. The minimum absolute atomic E-state index is 0.0790. The van der Waals surface area contributed by atoms with Gasteiger partial charge >= 0.3 is 0 Å². The number of benzene rings is 2. The molecule has 4 aromatic rings. The van der Waals surface area contributed by atoms with Crippen LogP contribution < -0.4 is 16.6 Å². The Morgan fingerprint density at radius 1 is 1.04 bits per heavy atom. The molecule has 140 valence electrons. The molecule has 0 bridgehead atoms. The molecule has 0 saturated carbocycles. The van der Waals surface area contributed by atoms with Crippen LogP contribution in [-0.2, 0) is 13.0 Å². The van der Waals surface area contributed by atoms with E-state index in [1.54, 1.807) is 12.3 Å². The highest BCUT2D eigenvalue weighted by Gasteiger charge is 2.10. The summed E-state index contributed by atoms with van der Waals surface area (Å²) in [6, 6.07) is 15.2. The fraction of sp³-hybridized carbons (Fsp3) is 0.150. The molecule has 0 saturated heterocycles. The molecule has 3 N–H and O–H groups in total. The number of nitrogens with one attached hydrogen (secondary N) is 1.